The van der Waals surface area contributed by atoms with E-state index in [4.69, 9.17) is 0 Å². The van der Waals surface area contributed by atoms with Crippen molar-refractivity contribution in [1.82, 2.24) is 14.9 Å². The molecule has 2 amide bonds. The van der Waals surface area contributed by atoms with E-state index in [0.717, 1.165) is 32.1 Å². The van der Waals surface area contributed by atoms with Crippen molar-refractivity contribution in [2.45, 2.75) is 55.5 Å². The van der Waals surface area contributed by atoms with Crippen molar-refractivity contribution in [3.63, 3.8) is 0 Å². The minimum atomic E-state index is -3.54. The van der Waals surface area contributed by atoms with Crippen molar-refractivity contribution in [2.24, 2.45) is 0 Å². The molecule has 1 atom stereocenters. The molecule has 0 spiro atoms. The molecule has 3 rings (SSSR count). The molecule has 1 aliphatic heterocycles. The number of hydrogen-bond acceptors (Lipinski definition) is 4. The van der Waals surface area contributed by atoms with Gasteiger partial charge in [-0.2, -0.15) is 4.31 Å². The van der Waals surface area contributed by atoms with Crippen LogP contribution >= 0.6 is 0 Å². The monoisotopic (exact) mass is 379 g/mol. The van der Waals surface area contributed by atoms with E-state index in [1.54, 1.807) is 34.6 Å². The molecule has 142 valence electrons. The van der Waals surface area contributed by atoms with Gasteiger partial charge in [-0.3, -0.25) is 9.59 Å². The Morgan fingerprint density at radius 3 is 2.46 bits per heavy atom. The summed E-state index contributed by atoms with van der Waals surface area (Å²) in [5, 5.41) is 5.24. The Bertz CT molecular complexity index is 747. The number of carbonyl (C=O) groups is 2. The number of rotatable bonds is 6. The molecule has 7 nitrogen and oxygen atoms in total. The summed E-state index contributed by atoms with van der Waals surface area (Å²) >= 11 is 0. The van der Waals surface area contributed by atoms with Crippen LogP contribution in [0.15, 0.2) is 35.2 Å². The van der Waals surface area contributed by atoms with E-state index in [1.165, 1.54) is 0 Å². The summed E-state index contributed by atoms with van der Waals surface area (Å²) in [4.78, 5) is 23.7. The first-order valence-electron chi connectivity index (χ1n) is 9.14. The van der Waals surface area contributed by atoms with Gasteiger partial charge >= 0.3 is 11.8 Å². The van der Waals surface area contributed by atoms with Crippen molar-refractivity contribution in [1.29, 1.82) is 0 Å². The van der Waals surface area contributed by atoms with E-state index < -0.39 is 21.8 Å². The van der Waals surface area contributed by atoms with Gasteiger partial charge in [-0.05, 0) is 44.2 Å². The molecule has 2 N–H and O–H groups in total. The summed E-state index contributed by atoms with van der Waals surface area (Å²) in [6, 6.07) is 8.39. The van der Waals surface area contributed by atoms with Gasteiger partial charge in [0, 0.05) is 25.2 Å². The van der Waals surface area contributed by atoms with Gasteiger partial charge in [-0.15, -0.1) is 0 Å². The normalized spacial score (nSPS) is 21.2. The topological polar surface area (TPSA) is 95.6 Å². The van der Waals surface area contributed by atoms with E-state index in [2.05, 4.69) is 10.6 Å². The Labute approximate surface area is 154 Å². The molecule has 2 fully saturated rings. The lowest BCUT2D eigenvalue weighted by Crippen LogP contribution is -2.46. The first kappa shape index (κ1) is 18.8. The van der Waals surface area contributed by atoms with Crippen LogP contribution in [-0.2, 0) is 19.6 Å². The van der Waals surface area contributed by atoms with Gasteiger partial charge in [0.1, 0.15) is 0 Å². The van der Waals surface area contributed by atoms with Crippen molar-refractivity contribution in [2.75, 3.05) is 13.1 Å². The quantitative estimate of drug-likeness (QED) is 0.721. The molecule has 26 heavy (non-hydrogen) atoms. The third-order valence-electron chi connectivity index (χ3n) is 4.80. The number of nitrogens with zero attached hydrogens (tertiary/aromatic N) is 1. The maximum Gasteiger partial charge on any atom is 0.309 e. The highest BCUT2D eigenvalue weighted by molar-refractivity contribution is 7.89. The van der Waals surface area contributed by atoms with Crippen molar-refractivity contribution >= 4 is 21.8 Å². The van der Waals surface area contributed by atoms with E-state index >= 15 is 0 Å². The Morgan fingerprint density at radius 1 is 1.04 bits per heavy atom. The lowest BCUT2D eigenvalue weighted by molar-refractivity contribution is -0.139. The van der Waals surface area contributed by atoms with E-state index in [1.807, 2.05) is 0 Å². The lowest BCUT2D eigenvalue weighted by Gasteiger charge is -2.34. The summed E-state index contributed by atoms with van der Waals surface area (Å²) in [5.41, 5.74) is 0. The van der Waals surface area contributed by atoms with E-state index in [-0.39, 0.29) is 18.6 Å². The summed E-state index contributed by atoms with van der Waals surface area (Å²) < 4.78 is 27.4. The van der Waals surface area contributed by atoms with Crippen LogP contribution in [0.1, 0.15) is 38.5 Å². The lowest BCUT2D eigenvalue weighted by atomic mass is 10.0. The summed E-state index contributed by atoms with van der Waals surface area (Å²) in [6.07, 6.45) is 4.89. The first-order chi connectivity index (χ1) is 12.5. The zero-order valence-electron chi connectivity index (χ0n) is 14.7. The molecular formula is C18H25N3O4S. The maximum atomic E-state index is 12.9. The fourth-order valence-corrected chi connectivity index (χ4v) is 4.96. The zero-order chi connectivity index (χ0) is 18.6. The van der Waals surface area contributed by atoms with Gasteiger partial charge in [0.15, 0.2) is 0 Å². The molecule has 2 aliphatic rings. The predicted molar refractivity (Wildman–Crippen MR) is 96.8 cm³/mol. The minimum absolute atomic E-state index is 0.137. The zero-order valence-corrected chi connectivity index (χ0v) is 15.5. The number of carbonyl (C=O) groups excluding carboxylic acids is 2. The standard InChI is InChI=1S/C18H25N3O4S/c22-17(18(23)20-14-9-10-14)19-12-11-15-6-4-5-13-21(15)26(24,25)16-7-2-1-3-8-16/h1-3,7-8,14-15H,4-6,9-13H2,(H,19,22)(H,20,23)/t15-/m1/s1. The van der Waals surface area contributed by atoms with Crippen LogP contribution in [0.25, 0.3) is 0 Å². The SMILES string of the molecule is O=C(NCC[C@H]1CCCCN1S(=O)(=O)c1ccccc1)C(=O)NC1CC1. The Balaban J connectivity index is 1.57. The molecule has 1 heterocycles. The molecule has 1 aromatic rings. The average Bonchev–Trinajstić information content (AvgIpc) is 3.46. The molecular weight excluding hydrogens is 354 g/mol. The second-order valence-electron chi connectivity index (χ2n) is 6.87. The number of hydrogen-bond donors (Lipinski definition) is 2. The fraction of sp³-hybridized carbons (Fsp3) is 0.556. The molecule has 1 aromatic carbocycles. The van der Waals surface area contributed by atoms with E-state index in [9.17, 15) is 18.0 Å². The van der Waals surface area contributed by atoms with Gasteiger partial charge in [0.2, 0.25) is 10.0 Å². The summed E-state index contributed by atoms with van der Waals surface area (Å²) in [6.45, 7) is 0.764. The second kappa shape index (κ2) is 8.18. The Kier molecular flexibility index (Phi) is 5.93. The fourth-order valence-electron chi connectivity index (χ4n) is 3.22. The maximum absolute atomic E-state index is 12.9. The summed E-state index contributed by atoms with van der Waals surface area (Å²) in [5.74, 6) is -1.25. The highest BCUT2D eigenvalue weighted by Gasteiger charge is 2.33. The second-order valence-corrected chi connectivity index (χ2v) is 8.76. The number of amides is 2. The largest absolute Gasteiger partial charge is 0.348 e. The molecule has 1 saturated heterocycles. The Hall–Kier alpha value is -1.93. The van der Waals surface area contributed by atoms with E-state index in [0.29, 0.717) is 17.9 Å². The van der Waals surface area contributed by atoms with Gasteiger partial charge in [-0.25, -0.2) is 8.42 Å². The molecule has 0 bridgehead atoms. The highest BCUT2D eigenvalue weighted by atomic mass is 32.2. The molecule has 0 radical (unpaired) electrons. The molecule has 8 heteroatoms. The van der Waals surface area contributed by atoms with Crippen LogP contribution < -0.4 is 10.6 Å². The highest BCUT2D eigenvalue weighted by Crippen LogP contribution is 2.26. The van der Waals surface area contributed by atoms with Gasteiger partial charge in [-0.1, -0.05) is 24.6 Å². The van der Waals surface area contributed by atoms with Crippen LogP contribution in [0.5, 0.6) is 0 Å². The van der Waals surface area contributed by atoms with Crippen molar-refractivity contribution < 1.29 is 18.0 Å². The molecule has 0 unspecified atom stereocenters. The third kappa shape index (κ3) is 4.62. The number of benzene rings is 1. The van der Waals surface area contributed by atoms with Crippen LogP contribution in [0, 0.1) is 0 Å². The van der Waals surface area contributed by atoms with Gasteiger partial charge in [0.25, 0.3) is 0 Å². The van der Waals surface area contributed by atoms with Gasteiger partial charge < -0.3 is 10.6 Å². The Morgan fingerprint density at radius 2 is 1.77 bits per heavy atom. The predicted octanol–water partition coefficient (Wildman–Crippen LogP) is 1.01. The number of piperidine rings is 1. The third-order valence-corrected chi connectivity index (χ3v) is 6.77. The van der Waals surface area contributed by atoms with Crippen molar-refractivity contribution in [3.8, 4) is 0 Å². The van der Waals surface area contributed by atoms with Gasteiger partial charge in [0.05, 0.1) is 4.90 Å². The number of sulfonamides is 1. The smallest absolute Gasteiger partial charge is 0.309 e. The van der Waals surface area contributed by atoms with Crippen LogP contribution in [0.3, 0.4) is 0 Å². The molecule has 1 aliphatic carbocycles. The van der Waals surface area contributed by atoms with Crippen LogP contribution in [0.2, 0.25) is 0 Å². The molecule has 1 saturated carbocycles. The van der Waals surface area contributed by atoms with Crippen molar-refractivity contribution in [3.05, 3.63) is 30.3 Å². The average molecular weight is 379 g/mol. The number of nitrogens with one attached hydrogen (secondary N) is 2. The minimum Gasteiger partial charge on any atom is -0.348 e. The first-order valence-corrected chi connectivity index (χ1v) is 10.6. The van der Waals surface area contributed by atoms with Crippen LogP contribution in [-0.4, -0.2) is 49.7 Å². The molecule has 0 aromatic heterocycles. The van der Waals surface area contributed by atoms with Crippen LogP contribution in [0.4, 0.5) is 0 Å². The summed E-state index contributed by atoms with van der Waals surface area (Å²) in [7, 11) is -3.54.